The molecule has 1 unspecified atom stereocenters. The molecule has 1 amide bonds. The monoisotopic (exact) mass is 326 g/mol. The Morgan fingerprint density at radius 1 is 1.52 bits per heavy atom. The maximum Gasteiger partial charge on any atom is 0.404 e. The predicted octanol–water partition coefficient (Wildman–Crippen LogP) is 1.88. The van der Waals surface area contributed by atoms with E-state index >= 15 is 0 Å². The van der Waals surface area contributed by atoms with Gasteiger partial charge in [0, 0.05) is 18.5 Å². The fourth-order valence-corrected chi connectivity index (χ4v) is 1.69. The van der Waals surface area contributed by atoms with Crippen molar-refractivity contribution in [2.24, 2.45) is 5.73 Å². The topological polar surface area (TPSA) is 145 Å². The Morgan fingerprint density at radius 2 is 2.17 bits per heavy atom. The summed E-state index contributed by atoms with van der Waals surface area (Å²) in [6.45, 7) is 7.77. The van der Waals surface area contributed by atoms with E-state index in [0.29, 0.717) is 13.0 Å². The summed E-state index contributed by atoms with van der Waals surface area (Å²) >= 11 is 0. The summed E-state index contributed by atoms with van der Waals surface area (Å²) < 4.78 is 4.78. The highest BCUT2D eigenvalue weighted by molar-refractivity contribution is 5.64. The number of ether oxygens (including phenoxy) is 1. The number of primary amides is 1. The first-order chi connectivity index (χ1) is 10.6. The van der Waals surface area contributed by atoms with Gasteiger partial charge >= 0.3 is 11.8 Å². The van der Waals surface area contributed by atoms with Crippen LogP contribution in [0.2, 0.25) is 0 Å². The van der Waals surface area contributed by atoms with E-state index in [1.807, 2.05) is 20.8 Å². The Balaban J connectivity index is 2.79. The second-order valence-electron chi connectivity index (χ2n) is 6.02. The van der Waals surface area contributed by atoms with E-state index < -0.39 is 17.1 Å². The summed E-state index contributed by atoms with van der Waals surface area (Å²) in [5, 5.41) is 16.9. The van der Waals surface area contributed by atoms with Crippen LogP contribution in [-0.4, -0.2) is 39.2 Å². The lowest BCUT2D eigenvalue weighted by molar-refractivity contribution is -0.384. The van der Waals surface area contributed by atoms with E-state index in [9.17, 15) is 14.9 Å². The fourth-order valence-electron chi connectivity index (χ4n) is 1.69. The normalized spacial score (nSPS) is 12.3. The number of hydrogen-bond acceptors (Lipinski definition) is 8. The van der Waals surface area contributed by atoms with Gasteiger partial charge in [0.05, 0.1) is 4.92 Å². The zero-order chi connectivity index (χ0) is 17.6. The maximum atomic E-state index is 11.0. The van der Waals surface area contributed by atoms with Crippen LogP contribution in [0.3, 0.4) is 0 Å². The zero-order valence-corrected chi connectivity index (χ0v) is 13.6. The van der Waals surface area contributed by atoms with Crippen molar-refractivity contribution in [1.29, 1.82) is 0 Å². The first kappa shape index (κ1) is 18.4. The number of carbonyl (C=O) groups excluding carboxylic acids is 1. The fraction of sp³-hybridized carbons (Fsp3) is 0.615. The molecule has 0 spiro atoms. The molecule has 0 saturated heterocycles. The van der Waals surface area contributed by atoms with Gasteiger partial charge in [0.15, 0.2) is 0 Å². The van der Waals surface area contributed by atoms with Crippen molar-refractivity contribution in [2.75, 3.05) is 17.2 Å². The molecule has 0 bridgehead atoms. The molecule has 1 heterocycles. The molecular formula is C13H22N6O4. The predicted molar refractivity (Wildman–Crippen MR) is 85.3 cm³/mol. The molecule has 0 aliphatic carbocycles. The highest BCUT2D eigenvalue weighted by Crippen LogP contribution is 2.23. The number of carbonyl (C=O) groups is 1. The smallest absolute Gasteiger partial charge is 0.404 e. The third kappa shape index (κ3) is 6.76. The molecular weight excluding hydrogens is 304 g/mol. The van der Waals surface area contributed by atoms with Crippen LogP contribution in [0.5, 0.6) is 0 Å². The number of nitrogens with one attached hydrogen (secondary N) is 2. The molecule has 1 aromatic rings. The number of amides is 1. The average molecular weight is 326 g/mol. The lowest BCUT2D eigenvalue weighted by Gasteiger charge is -2.20. The minimum absolute atomic E-state index is 0.100. The van der Waals surface area contributed by atoms with Crippen LogP contribution in [0.1, 0.15) is 34.1 Å². The lowest BCUT2D eigenvalue weighted by Crippen LogP contribution is -2.27. The molecule has 10 nitrogen and oxygen atoms in total. The van der Waals surface area contributed by atoms with E-state index in [1.54, 1.807) is 6.92 Å². The first-order valence-electron chi connectivity index (χ1n) is 7.08. The molecule has 23 heavy (non-hydrogen) atoms. The number of rotatable bonds is 7. The van der Waals surface area contributed by atoms with Crippen molar-refractivity contribution in [2.45, 2.75) is 45.8 Å². The summed E-state index contributed by atoms with van der Waals surface area (Å²) in [6, 6.07) is 0. The van der Waals surface area contributed by atoms with Crippen LogP contribution in [0.25, 0.3) is 0 Å². The second-order valence-corrected chi connectivity index (χ2v) is 6.02. The maximum absolute atomic E-state index is 11.0. The SMILES string of the molecule is CC(CCNc1nc(NC(C)(C)C)ncc1[N+](=O)[O-])OC(N)=O. The number of aromatic nitrogens is 2. The molecule has 4 N–H and O–H groups in total. The Hall–Kier alpha value is -2.65. The largest absolute Gasteiger partial charge is 0.447 e. The quantitative estimate of drug-likeness (QED) is 0.508. The van der Waals surface area contributed by atoms with Gasteiger partial charge < -0.3 is 21.1 Å². The highest BCUT2D eigenvalue weighted by Gasteiger charge is 2.19. The minimum Gasteiger partial charge on any atom is -0.447 e. The zero-order valence-electron chi connectivity index (χ0n) is 13.6. The first-order valence-corrected chi connectivity index (χ1v) is 7.08. The summed E-state index contributed by atoms with van der Waals surface area (Å²) in [5.41, 5.74) is 4.41. The number of nitro groups is 1. The lowest BCUT2D eigenvalue weighted by atomic mass is 10.1. The van der Waals surface area contributed by atoms with Gasteiger partial charge in [-0.3, -0.25) is 10.1 Å². The summed E-state index contributed by atoms with van der Waals surface area (Å²) in [7, 11) is 0. The molecule has 1 aromatic heterocycles. The van der Waals surface area contributed by atoms with Gasteiger partial charge in [-0.05, 0) is 27.7 Å². The molecule has 0 aromatic carbocycles. The van der Waals surface area contributed by atoms with Gasteiger partial charge in [0.1, 0.15) is 12.3 Å². The number of anilines is 2. The standard InChI is InChI=1S/C13H22N6O4/c1-8(23-11(14)20)5-6-15-10-9(19(21)22)7-16-12(17-10)18-13(2,3)4/h7-8H,5-6H2,1-4H3,(H2,14,20)(H2,15,16,17,18). The molecule has 1 atom stereocenters. The van der Waals surface area contributed by atoms with Crippen molar-refractivity contribution in [3.05, 3.63) is 16.3 Å². The number of nitrogens with two attached hydrogens (primary N) is 1. The van der Waals surface area contributed by atoms with Crippen molar-refractivity contribution < 1.29 is 14.5 Å². The van der Waals surface area contributed by atoms with E-state index in [2.05, 4.69) is 20.6 Å². The van der Waals surface area contributed by atoms with E-state index in [1.165, 1.54) is 0 Å². The second kappa shape index (κ2) is 7.56. The van der Waals surface area contributed by atoms with Gasteiger partial charge in [-0.2, -0.15) is 4.98 Å². The van der Waals surface area contributed by atoms with Crippen LogP contribution in [0.4, 0.5) is 22.2 Å². The molecule has 1 rings (SSSR count). The summed E-state index contributed by atoms with van der Waals surface area (Å²) in [6.07, 6.45) is 0.300. The Morgan fingerprint density at radius 3 is 2.70 bits per heavy atom. The van der Waals surface area contributed by atoms with Gasteiger partial charge in [0.2, 0.25) is 11.8 Å². The number of nitrogens with zero attached hydrogens (tertiary/aromatic N) is 3. The third-order valence-electron chi connectivity index (χ3n) is 2.61. The van der Waals surface area contributed by atoms with Crippen LogP contribution in [-0.2, 0) is 4.74 Å². The molecule has 0 fully saturated rings. The van der Waals surface area contributed by atoms with Crippen molar-refractivity contribution >= 4 is 23.5 Å². The molecule has 10 heteroatoms. The van der Waals surface area contributed by atoms with Gasteiger partial charge in [0.25, 0.3) is 0 Å². The summed E-state index contributed by atoms with van der Waals surface area (Å²) in [5.74, 6) is 0.384. The van der Waals surface area contributed by atoms with Crippen molar-refractivity contribution in [3.63, 3.8) is 0 Å². The highest BCUT2D eigenvalue weighted by atomic mass is 16.6. The van der Waals surface area contributed by atoms with Crippen LogP contribution in [0, 0.1) is 10.1 Å². The molecule has 0 saturated carbocycles. The van der Waals surface area contributed by atoms with Crippen molar-refractivity contribution in [1.82, 2.24) is 9.97 Å². The van der Waals surface area contributed by atoms with Gasteiger partial charge in [-0.1, -0.05) is 0 Å². The van der Waals surface area contributed by atoms with Crippen LogP contribution in [0.15, 0.2) is 6.20 Å². The van der Waals surface area contributed by atoms with Gasteiger partial charge in [-0.25, -0.2) is 9.78 Å². The Labute approximate surface area is 134 Å². The molecule has 0 aliphatic rings. The van der Waals surface area contributed by atoms with Crippen molar-refractivity contribution in [3.8, 4) is 0 Å². The molecule has 0 aliphatic heterocycles. The van der Waals surface area contributed by atoms with E-state index in [0.717, 1.165) is 6.20 Å². The summed E-state index contributed by atoms with van der Waals surface area (Å²) in [4.78, 5) is 29.2. The van der Waals surface area contributed by atoms with Gasteiger partial charge in [-0.15, -0.1) is 0 Å². The van der Waals surface area contributed by atoms with Crippen LogP contribution >= 0.6 is 0 Å². The minimum atomic E-state index is -0.859. The van der Waals surface area contributed by atoms with E-state index in [4.69, 9.17) is 10.5 Å². The third-order valence-corrected chi connectivity index (χ3v) is 2.61. The van der Waals surface area contributed by atoms with E-state index in [-0.39, 0.29) is 23.0 Å². The Bertz CT molecular complexity index is 572. The Kier molecular flexibility index (Phi) is 6.05. The van der Waals surface area contributed by atoms with Crippen LogP contribution < -0.4 is 16.4 Å². The average Bonchev–Trinajstić information content (AvgIpc) is 2.35. The number of hydrogen-bond donors (Lipinski definition) is 3. The molecule has 0 radical (unpaired) electrons. The molecule has 128 valence electrons.